The third-order valence-corrected chi connectivity index (χ3v) is 4.26. The van der Waals surface area contributed by atoms with E-state index in [1.54, 1.807) is 60.5 Å². The van der Waals surface area contributed by atoms with Gasteiger partial charge in [-0.05, 0) is 55.0 Å². The zero-order chi connectivity index (χ0) is 19.9. The molecular weight excluding hydrogens is 362 g/mol. The molecule has 8 nitrogen and oxygen atoms in total. The summed E-state index contributed by atoms with van der Waals surface area (Å²) in [5, 5.41) is 0. The summed E-state index contributed by atoms with van der Waals surface area (Å²) in [6, 6.07) is 13.4. The molecule has 0 aliphatic carbocycles. The summed E-state index contributed by atoms with van der Waals surface area (Å²) < 4.78 is 10.4. The van der Waals surface area contributed by atoms with E-state index in [0.29, 0.717) is 30.0 Å². The lowest BCUT2D eigenvalue weighted by molar-refractivity contribution is -0.123. The van der Waals surface area contributed by atoms with Gasteiger partial charge in [0.15, 0.2) is 6.61 Å². The Labute approximate surface area is 162 Å². The smallest absolute Gasteiger partial charge is 0.276 e. The summed E-state index contributed by atoms with van der Waals surface area (Å²) in [6.07, 6.45) is 1.39. The lowest BCUT2D eigenvalue weighted by atomic mass is 10.2. The number of nitrogens with zero attached hydrogens (tertiary/aromatic N) is 1. The quantitative estimate of drug-likeness (QED) is 0.740. The molecule has 0 radical (unpaired) electrons. The number of rotatable bonds is 6. The normalized spacial score (nSPS) is 13.2. The fourth-order valence-corrected chi connectivity index (χ4v) is 2.77. The molecule has 3 rings (SSSR count). The highest BCUT2D eigenvalue weighted by molar-refractivity contribution is 5.98. The number of hydrogen-bond donors (Lipinski definition) is 2. The highest BCUT2D eigenvalue weighted by Gasteiger charge is 2.21. The van der Waals surface area contributed by atoms with Gasteiger partial charge in [-0.2, -0.15) is 0 Å². The summed E-state index contributed by atoms with van der Waals surface area (Å²) >= 11 is 0. The van der Waals surface area contributed by atoms with Crippen molar-refractivity contribution in [2.24, 2.45) is 0 Å². The molecule has 2 aromatic carbocycles. The SMILES string of the molecule is COc1ccc(OCC(=O)NNC(=O)c2ccc(N3CCCC3=O)cc2)cc1. The fourth-order valence-electron chi connectivity index (χ4n) is 2.77. The maximum Gasteiger partial charge on any atom is 0.276 e. The standard InChI is InChI=1S/C20H21N3O5/c1-27-16-8-10-17(11-9-16)28-13-18(24)21-22-20(26)14-4-6-15(7-5-14)23-12-2-3-19(23)25/h4-11H,2-3,12-13H2,1H3,(H,21,24)(H,22,26). The van der Waals surface area contributed by atoms with Crippen LogP contribution in [0.4, 0.5) is 5.69 Å². The average molecular weight is 383 g/mol. The van der Waals surface area contributed by atoms with Gasteiger partial charge in [-0.3, -0.25) is 25.2 Å². The molecule has 0 unspecified atom stereocenters. The Morgan fingerprint density at radius 1 is 1.00 bits per heavy atom. The predicted molar refractivity (Wildman–Crippen MR) is 102 cm³/mol. The average Bonchev–Trinajstić information content (AvgIpc) is 3.16. The molecule has 2 N–H and O–H groups in total. The second-order valence-electron chi connectivity index (χ2n) is 6.16. The van der Waals surface area contributed by atoms with Gasteiger partial charge in [-0.1, -0.05) is 0 Å². The molecule has 0 atom stereocenters. The Bertz CT molecular complexity index is 849. The van der Waals surface area contributed by atoms with Crippen LogP contribution < -0.4 is 25.2 Å². The Morgan fingerprint density at radius 3 is 2.29 bits per heavy atom. The van der Waals surface area contributed by atoms with Crippen molar-refractivity contribution in [3.05, 3.63) is 54.1 Å². The van der Waals surface area contributed by atoms with Gasteiger partial charge in [0.05, 0.1) is 7.11 Å². The fraction of sp³-hybridized carbons (Fsp3) is 0.250. The van der Waals surface area contributed by atoms with Crippen LogP contribution in [0.25, 0.3) is 0 Å². The molecule has 0 spiro atoms. The van der Waals surface area contributed by atoms with Crippen LogP contribution in [0.15, 0.2) is 48.5 Å². The Hall–Kier alpha value is -3.55. The highest BCUT2D eigenvalue weighted by atomic mass is 16.5. The lowest BCUT2D eigenvalue weighted by Crippen LogP contribution is -2.43. The van der Waals surface area contributed by atoms with E-state index in [1.807, 2.05) is 0 Å². The van der Waals surface area contributed by atoms with Crippen LogP contribution in [0.1, 0.15) is 23.2 Å². The number of nitrogens with one attached hydrogen (secondary N) is 2. The second-order valence-corrected chi connectivity index (χ2v) is 6.16. The molecule has 1 aliphatic heterocycles. The number of carbonyl (C=O) groups is 3. The monoisotopic (exact) mass is 383 g/mol. The zero-order valence-corrected chi connectivity index (χ0v) is 15.4. The molecular formula is C20H21N3O5. The molecule has 28 heavy (non-hydrogen) atoms. The third kappa shape index (κ3) is 4.79. The van der Waals surface area contributed by atoms with Crippen molar-refractivity contribution in [2.45, 2.75) is 12.8 Å². The predicted octanol–water partition coefficient (Wildman–Crippen LogP) is 1.66. The van der Waals surface area contributed by atoms with Gasteiger partial charge in [0, 0.05) is 24.2 Å². The van der Waals surface area contributed by atoms with E-state index in [9.17, 15) is 14.4 Å². The van der Waals surface area contributed by atoms with E-state index < -0.39 is 11.8 Å². The zero-order valence-electron chi connectivity index (χ0n) is 15.4. The van der Waals surface area contributed by atoms with E-state index in [4.69, 9.17) is 9.47 Å². The maximum absolute atomic E-state index is 12.1. The van der Waals surface area contributed by atoms with E-state index in [-0.39, 0.29) is 12.5 Å². The summed E-state index contributed by atoms with van der Waals surface area (Å²) in [6.45, 7) is 0.442. The van der Waals surface area contributed by atoms with Gasteiger partial charge in [0.1, 0.15) is 11.5 Å². The van der Waals surface area contributed by atoms with Crippen LogP contribution >= 0.6 is 0 Å². The number of methoxy groups -OCH3 is 1. The van der Waals surface area contributed by atoms with Gasteiger partial charge in [0.2, 0.25) is 5.91 Å². The third-order valence-electron chi connectivity index (χ3n) is 4.26. The molecule has 1 fully saturated rings. The molecule has 3 amide bonds. The molecule has 0 bridgehead atoms. The van der Waals surface area contributed by atoms with Crippen molar-refractivity contribution in [1.29, 1.82) is 0 Å². The number of ether oxygens (including phenoxy) is 2. The molecule has 1 saturated heterocycles. The van der Waals surface area contributed by atoms with E-state index in [2.05, 4.69) is 10.9 Å². The molecule has 1 aliphatic rings. The number of hydrazine groups is 1. The van der Waals surface area contributed by atoms with Gasteiger partial charge >= 0.3 is 0 Å². The van der Waals surface area contributed by atoms with Crippen molar-refractivity contribution in [1.82, 2.24) is 10.9 Å². The Morgan fingerprint density at radius 2 is 1.68 bits per heavy atom. The van der Waals surface area contributed by atoms with Gasteiger partial charge < -0.3 is 14.4 Å². The lowest BCUT2D eigenvalue weighted by Gasteiger charge is -2.16. The summed E-state index contributed by atoms with van der Waals surface area (Å²) in [7, 11) is 1.56. The van der Waals surface area contributed by atoms with Crippen molar-refractivity contribution in [3.8, 4) is 11.5 Å². The van der Waals surface area contributed by atoms with Crippen LogP contribution in [-0.4, -0.2) is 38.0 Å². The first-order valence-electron chi connectivity index (χ1n) is 8.83. The number of amides is 3. The van der Waals surface area contributed by atoms with Crippen LogP contribution in [0.2, 0.25) is 0 Å². The minimum atomic E-state index is -0.497. The van der Waals surface area contributed by atoms with Crippen molar-refractivity contribution in [3.63, 3.8) is 0 Å². The minimum Gasteiger partial charge on any atom is -0.497 e. The summed E-state index contributed by atoms with van der Waals surface area (Å²) in [5.74, 6) is 0.320. The molecule has 2 aromatic rings. The van der Waals surface area contributed by atoms with Crippen molar-refractivity contribution >= 4 is 23.4 Å². The first kappa shape index (κ1) is 19.2. The van der Waals surface area contributed by atoms with Crippen LogP contribution in [0.3, 0.4) is 0 Å². The molecule has 0 saturated carbocycles. The summed E-state index contributed by atoms with van der Waals surface area (Å²) in [4.78, 5) is 37.4. The van der Waals surface area contributed by atoms with Crippen LogP contribution in [-0.2, 0) is 9.59 Å². The van der Waals surface area contributed by atoms with Gasteiger partial charge in [0.25, 0.3) is 11.8 Å². The van der Waals surface area contributed by atoms with Crippen LogP contribution in [0, 0.1) is 0 Å². The molecule has 146 valence electrons. The van der Waals surface area contributed by atoms with Crippen molar-refractivity contribution < 1.29 is 23.9 Å². The van der Waals surface area contributed by atoms with Gasteiger partial charge in [-0.25, -0.2) is 0 Å². The topological polar surface area (TPSA) is 97.0 Å². The summed E-state index contributed by atoms with van der Waals surface area (Å²) in [5.41, 5.74) is 5.76. The minimum absolute atomic E-state index is 0.0846. The van der Waals surface area contributed by atoms with E-state index in [1.165, 1.54) is 0 Å². The second kappa shape index (κ2) is 8.90. The highest BCUT2D eigenvalue weighted by Crippen LogP contribution is 2.21. The largest absolute Gasteiger partial charge is 0.497 e. The number of hydrogen-bond acceptors (Lipinski definition) is 5. The Balaban J connectivity index is 1.45. The van der Waals surface area contributed by atoms with Gasteiger partial charge in [-0.15, -0.1) is 0 Å². The Kier molecular flexibility index (Phi) is 6.11. The number of benzene rings is 2. The van der Waals surface area contributed by atoms with E-state index in [0.717, 1.165) is 12.1 Å². The molecule has 0 aromatic heterocycles. The van der Waals surface area contributed by atoms with Crippen LogP contribution in [0.5, 0.6) is 11.5 Å². The van der Waals surface area contributed by atoms with E-state index >= 15 is 0 Å². The molecule has 8 heteroatoms. The maximum atomic E-state index is 12.1. The first-order chi connectivity index (χ1) is 13.6. The number of anilines is 1. The first-order valence-corrected chi connectivity index (χ1v) is 8.83. The van der Waals surface area contributed by atoms with Crippen molar-refractivity contribution in [2.75, 3.05) is 25.2 Å². The molecule has 1 heterocycles. The number of carbonyl (C=O) groups excluding carboxylic acids is 3.